The van der Waals surface area contributed by atoms with E-state index in [9.17, 15) is 4.79 Å². The second kappa shape index (κ2) is 6.63. The van der Waals surface area contributed by atoms with Crippen molar-refractivity contribution in [2.45, 2.75) is 65.7 Å². The molecule has 4 heteroatoms. The number of aromatic amines is 1. The zero-order valence-electron chi connectivity index (χ0n) is 13.8. The number of anilines is 1. The molecule has 0 radical (unpaired) electrons. The molecule has 0 spiro atoms. The Balaban J connectivity index is 2.09. The molecule has 1 aromatic rings. The van der Waals surface area contributed by atoms with Crippen LogP contribution < -0.4 is 10.9 Å². The predicted octanol–water partition coefficient (Wildman–Crippen LogP) is 3.91. The van der Waals surface area contributed by atoms with Gasteiger partial charge in [-0.15, -0.1) is 0 Å². The Labute approximate surface area is 127 Å². The Morgan fingerprint density at radius 3 is 2.52 bits per heavy atom. The summed E-state index contributed by atoms with van der Waals surface area (Å²) in [7, 11) is 0. The van der Waals surface area contributed by atoms with Crippen LogP contribution in [0.1, 0.15) is 71.5 Å². The molecule has 0 atom stereocenters. The molecule has 1 aliphatic carbocycles. The zero-order chi connectivity index (χ0) is 15.5. The minimum Gasteiger partial charge on any atom is -0.369 e. The van der Waals surface area contributed by atoms with Crippen molar-refractivity contribution < 1.29 is 0 Å². The van der Waals surface area contributed by atoms with E-state index in [1.165, 1.54) is 32.1 Å². The molecule has 1 aliphatic rings. The Bertz CT molecular complexity index is 513. The molecule has 1 aromatic heterocycles. The van der Waals surface area contributed by atoms with Crippen LogP contribution in [0.25, 0.3) is 0 Å². The number of nitrogens with zero attached hydrogens (tertiary/aromatic N) is 1. The monoisotopic (exact) mass is 291 g/mol. The highest BCUT2D eigenvalue weighted by molar-refractivity contribution is 5.33. The molecule has 1 fully saturated rings. The Kier molecular flexibility index (Phi) is 5.07. The maximum atomic E-state index is 11.7. The van der Waals surface area contributed by atoms with Gasteiger partial charge in [0.1, 0.15) is 11.6 Å². The number of hydrogen-bond acceptors (Lipinski definition) is 3. The molecule has 118 valence electrons. The molecule has 0 saturated heterocycles. The summed E-state index contributed by atoms with van der Waals surface area (Å²) < 4.78 is 0. The third kappa shape index (κ3) is 4.32. The fraction of sp³-hybridized carbons (Fsp3) is 0.765. The lowest BCUT2D eigenvalue weighted by Gasteiger charge is -2.31. The van der Waals surface area contributed by atoms with Crippen LogP contribution in [0.15, 0.2) is 10.9 Å². The molecule has 21 heavy (non-hydrogen) atoms. The first-order valence-electron chi connectivity index (χ1n) is 8.25. The molecule has 0 unspecified atom stereocenters. The molecule has 0 amide bonds. The molecule has 2 N–H and O–H groups in total. The van der Waals surface area contributed by atoms with Gasteiger partial charge in [-0.1, -0.05) is 40.5 Å². The van der Waals surface area contributed by atoms with Crippen LogP contribution in [0.3, 0.4) is 0 Å². The number of hydrogen-bond donors (Lipinski definition) is 2. The molecule has 0 bridgehead atoms. The lowest BCUT2D eigenvalue weighted by atomic mass is 9.78. The third-order valence-electron chi connectivity index (χ3n) is 4.46. The summed E-state index contributed by atoms with van der Waals surface area (Å²) >= 11 is 0. The van der Waals surface area contributed by atoms with Crippen LogP contribution in [0.5, 0.6) is 0 Å². The number of H-pyrrole nitrogens is 1. The van der Waals surface area contributed by atoms with Crippen molar-refractivity contribution in [2.75, 3.05) is 11.9 Å². The van der Waals surface area contributed by atoms with Crippen molar-refractivity contribution in [3.8, 4) is 0 Å². The quantitative estimate of drug-likeness (QED) is 0.835. The van der Waals surface area contributed by atoms with E-state index in [1.54, 1.807) is 6.07 Å². The maximum absolute atomic E-state index is 11.7. The Hall–Kier alpha value is -1.32. The van der Waals surface area contributed by atoms with Gasteiger partial charge >= 0.3 is 0 Å². The summed E-state index contributed by atoms with van der Waals surface area (Å²) in [5.74, 6) is 2.42. The van der Waals surface area contributed by atoms with Gasteiger partial charge in [0.25, 0.3) is 5.56 Å². The van der Waals surface area contributed by atoms with Gasteiger partial charge in [0.2, 0.25) is 0 Å². The summed E-state index contributed by atoms with van der Waals surface area (Å²) in [4.78, 5) is 19.1. The highest BCUT2D eigenvalue weighted by Crippen LogP contribution is 2.43. The van der Waals surface area contributed by atoms with Crippen LogP contribution in [0.4, 0.5) is 5.82 Å². The van der Waals surface area contributed by atoms with Crippen LogP contribution in [0, 0.1) is 11.3 Å². The highest BCUT2D eigenvalue weighted by atomic mass is 16.1. The van der Waals surface area contributed by atoms with Crippen LogP contribution in [-0.2, 0) is 0 Å². The van der Waals surface area contributed by atoms with E-state index < -0.39 is 0 Å². The van der Waals surface area contributed by atoms with Gasteiger partial charge < -0.3 is 10.3 Å². The molecular formula is C17H29N3O. The van der Waals surface area contributed by atoms with E-state index in [0.717, 1.165) is 18.2 Å². The van der Waals surface area contributed by atoms with Crippen LogP contribution >= 0.6 is 0 Å². The SMILES string of the molecule is CC(C)CC1(CNc2cc(=O)[nH]c(C(C)C)n2)CCCC1. The number of nitrogens with one attached hydrogen (secondary N) is 2. The van der Waals surface area contributed by atoms with Crippen molar-refractivity contribution >= 4 is 5.82 Å². The highest BCUT2D eigenvalue weighted by Gasteiger charge is 2.34. The van der Waals surface area contributed by atoms with Gasteiger partial charge in [0.15, 0.2) is 0 Å². The van der Waals surface area contributed by atoms with Crippen molar-refractivity contribution in [2.24, 2.45) is 11.3 Å². The third-order valence-corrected chi connectivity index (χ3v) is 4.46. The lowest BCUT2D eigenvalue weighted by Crippen LogP contribution is -2.29. The van der Waals surface area contributed by atoms with Crippen LogP contribution in [-0.4, -0.2) is 16.5 Å². The van der Waals surface area contributed by atoms with Gasteiger partial charge in [0, 0.05) is 18.5 Å². The van der Waals surface area contributed by atoms with Gasteiger partial charge in [-0.25, -0.2) is 4.98 Å². The summed E-state index contributed by atoms with van der Waals surface area (Å²) in [5, 5.41) is 3.44. The van der Waals surface area contributed by atoms with E-state index in [-0.39, 0.29) is 11.5 Å². The van der Waals surface area contributed by atoms with Gasteiger partial charge in [-0.3, -0.25) is 4.79 Å². The number of aromatic nitrogens is 2. The van der Waals surface area contributed by atoms with E-state index in [0.29, 0.717) is 11.3 Å². The fourth-order valence-corrected chi connectivity index (χ4v) is 3.56. The smallest absolute Gasteiger partial charge is 0.252 e. The molecule has 0 aromatic carbocycles. The van der Waals surface area contributed by atoms with Gasteiger partial charge in [-0.2, -0.15) is 0 Å². The topological polar surface area (TPSA) is 57.8 Å². The molecule has 4 nitrogen and oxygen atoms in total. The molecule has 2 rings (SSSR count). The average Bonchev–Trinajstić information content (AvgIpc) is 2.84. The summed E-state index contributed by atoms with van der Waals surface area (Å²) in [6.07, 6.45) is 6.49. The number of rotatable bonds is 6. The van der Waals surface area contributed by atoms with Crippen molar-refractivity contribution in [1.82, 2.24) is 9.97 Å². The molecular weight excluding hydrogens is 262 g/mol. The first-order valence-corrected chi connectivity index (χ1v) is 8.25. The Morgan fingerprint density at radius 2 is 1.95 bits per heavy atom. The average molecular weight is 291 g/mol. The van der Waals surface area contributed by atoms with E-state index in [1.807, 2.05) is 13.8 Å². The zero-order valence-corrected chi connectivity index (χ0v) is 13.8. The van der Waals surface area contributed by atoms with Gasteiger partial charge in [0.05, 0.1) is 0 Å². The second-order valence-corrected chi connectivity index (χ2v) is 7.33. The van der Waals surface area contributed by atoms with Crippen molar-refractivity contribution in [3.63, 3.8) is 0 Å². The standard InChI is InChI=1S/C17H29N3O/c1-12(2)10-17(7-5-6-8-17)11-18-14-9-15(21)20-16(19-14)13(3)4/h9,12-13H,5-8,10-11H2,1-4H3,(H2,18,19,20,21). The molecule has 0 aliphatic heterocycles. The maximum Gasteiger partial charge on any atom is 0.252 e. The van der Waals surface area contributed by atoms with E-state index in [2.05, 4.69) is 29.1 Å². The van der Waals surface area contributed by atoms with Gasteiger partial charge in [-0.05, 0) is 30.6 Å². The first kappa shape index (κ1) is 16.1. The first-order chi connectivity index (χ1) is 9.90. The summed E-state index contributed by atoms with van der Waals surface area (Å²) in [5.41, 5.74) is 0.316. The largest absolute Gasteiger partial charge is 0.369 e. The second-order valence-electron chi connectivity index (χ2n) is 7.33. The van der Waals surface area contributed by atoms with Crippen LogP contribution in [0.2, 0.25) is 0 Å². The van der Waals surface area contributed by atoms with Crippen molar-refractivity contribution in [3.05, 3.63) is 22.2 Å². The summed E-state index contributed by atoms with van der Waals surface area (Å²) in [6, 6.07) is 1.57. The minimum absolute atomic E-state index is 0.0690. The normalized spacial score (nSPS) is 17.6. The fourth-order valence-electron chi connectivity index (χ4n) is 3.56. The van der Waals surface area contributed by atoms with Crippen molar-refractivity contribution in [1.29, 1.82) is 0 Å². The van der Waals surface area contributed by atoms with E-state index in [4.69, 9.17) is 0 Å². The summed E-state index contributed by atoms with van der Waals surface area (Å²) in [6.45, 7) is 9.60. The lowest BCUT2D eigenvalue weighted by molar-refractivity contribution is 0.252. The predicted molar refractivity (Wildman–Crippen MR) is 87.8 cm³/mol. The molecule has 1 heterocycles. The minimum atomic E-state index is -0.0690. The van der Waals surface area contributed by atoms with E-state index >= 15 is 0 Å². The molecule has 1 saturated carbocycles. The Morgan fingerprint density at radius 1 is 1.29 bits per heavy atom.